The fraction of sp³-hybridized carbons (Fsp3) is 0.0435. The van der Waals surface area contributed by atoms with Crippen molar-refractivity contribution in [1.82, 2.24) is 5.43 Å². The van der Waals surface area contributed by atoms with Crippen LogP contribution in [0.25, 0.3) is 6.08 Å². The van der Waals surface area contributed by atoms with Gasteiger partial charge in [-0.3, -0.25) is 4.79 Å². The van der Waals surface area contributed by atoms with Crippen molar-refractivity contribution in [3.63, 3.8) is 0 Å². The number of carbonyl (C=O) groups is 1. The standard InChI is InChI=1S/C23H20N2O2/c26-23(18-27-21-14-8-3-9-15-21)25-24-22(20-12-6-2-7-13-20)17-16-19-10-4-1-5-11-19/h1-17H,18H2,(H,25,26)/b17-16-,24-22?. The molecule has 3 aromatic carbocycles. The molecule has 4 heteroatoms. The topological polar surface area (TPSA) is 50.7 Å². The molecule has 0 bridgehead atoms. The van der Waals surface area contributed by atoms with Crippen molar-refractivity contribution in [2.24, 2.45) is 5.10 Å². The van der Waals surface area contributed by atoms with Gasteiger partial charge in [0, 0.05) is 5.56 Å². The summed E-state index contributed by atoms with van der Waals surface area (Å²) in [6, 6.07) is 28.8. The number of rotatable bonds is 7. The summed E-state index contributed by atoms with van der Waals surface area (Å²) in [4.78, 5) is 12.1. The van der Waals surface area contributed by atoms with Crippen LogP contribution in [0.2, 0.25) is 0 Å². The third-order valence-corrected chi connectivity index (χ3v) is 3.72. The third kappa shape index (κ3) is 5.97. The van der Waals surface area contributed by atoms with Crippen molar-refractivity contribution in [2.45, 2.75) is 0 Å². The Balaban J connectivity index is 1.68. The predicted octanol–water partition coefficient (Wildman–Crippen LogP) is 4.30. The minimum absolute atomic E-state index is 0.0992. The second-order valence-electron chi connectivity index (χ2n) is 5.74. The Labute approximate surface area is 158 Å². The molecule has 3 rings (SSSR count). The summed E-state index contributed by atoms with van der Waals surface area (Å²) in [6.45, 7) is -0.0992. The molecule has 0 aliphatic heterocycles. The fourth-order valence-electron chi connectivity index (χ4n) is 2.37. The molecule has 27 heavy (non-hydrogen) atoms. The van der Waals surface area contributed by atoms with E-state index >= 15 is 0 Å². The molecule has 1 amide bonds. The van der Waals surface area contributed by atoms with Crippen LogP contribution in [0.1, 0.15) is 11.1 Å². The SMILES string of the molecule is O=C(COc1ccccc1)NN=C(/C=C\c1ccccc1)c1ccccc1. The number of nitrogens with one attached hydrogen (secondary N) is 1. The van der Waals surface area contributed by atoms with Gasteiger partial charge in [-0.2, -0.15) is 5.10 Å². The zero-order chi connectivity index (χ0) is 18.7. The van der Waals surface area contributed by atoms with Gasteiger partial charge in [-0.05, 0) is 23.8 Å². The monoisotopic (exact) mass is 356 g/mol. The van der Waals surface area contributed by atoms with Crippen LogP contribution in [0.15, 0.2) is 102 Å². The molecule has 0 aliphatic carbocycles. The zero-order valence-corrected chi connectivity index (χ0v) is 14.8. The van der Waals surface area contributed by atoms with Gasteiger partial charge in [0.1, 0.15) is 5.75 Å². The number of amides is 1. The first-order valence-electron chi connectivity index (χ1n) is 8.64. The molecular weight excluding hydrogens is 336 g/mol. The van der Waals surface area contributed by atoms with E-state index in [1.165, 1.54) is 0 Å². The summed E-state index contributed by atoms with van der Waals surface area (Å²) in [6.07, 6.45) is 3.83. The van der Waals surface area contributed by atoms with Crippen molar-refractivity contribution in [3.8, 4) is 5.75 Å². The molecule has 0 spiro atoms. The lowest BCUT2D eigenvalue weighted by Crippen LogP contribution is -2.25. The highest BCUT2D eigenvalue weighted by Gasteiger charge is 2.04. The smallest absolute Gasteiger partial charge is 0.277 e. The Morgan fingerprint density at radius 2 is 1.44 bits per heavy atom. The number of hydrogen-bond acceptors (Lipinski definition) is 3. The van der Waals surface area contributed by atoms with Crippen LogP contribution >= 0.6 is 0 Å². The minimum atomic E-state index is -0.319. The average Bonchev–Trinajstić information content (AvgIpc) is 2.74. The Kier molecular flexibility index (Phi) is 6.54. The minimum Gasteiger partial charge on any atom is -0.484 e. The molecular formula is C23H20N2O2. The number of ether oxygens (including phenoxy) is 1. The largest absolute Gasteiger partial charge is 0.484 e. The summed E-state index contributed by atoms with van der Waals surface area (Å²) in [5.41, 5.74) is 5.19. The highest BCUT2D eigenvalue weighted by molar-refractivity contribution is 6.11. The van der Waals surface area contributed by atoms with Gasteiger partial charge >= 0.3 is 0 Å². The Hall–Kier alpha value is -3.66. The van der Waals surface area contributed by atoms with E-state index < -0.39 is 0 Å². The maximum atomic E-state index is 12.1. The first kappa shape index (κ1) is 18.1. The first-order chi connectivity index (χ1) is 13.3. The molecule has 0 aromatic heterocycles. The highest BCUT2D eigenvalue weighted by atomic mass is 16.5. The van der Waals surface area contributed by atoms with Gasteiger partial charge in [0.05, 0.1) is 5.71 Å². The first-order valence-corrected chi connectivity index (χ1v) is 8.64. The lowest BCUT2D eigenvalue weighted by molar-refractivity contribution is -0.123. The van der Waals surface area contributed by atoms with Gasteiger partial charge in [0.15, 0.2) is 6.61 Å². The van der Waals surface area contributed by atoms with E-state index in [1.807, 2.05) is 91.0 Å². The van der Waals surface area contributed by atoms with Crippen molar-refractivity contribution < 1.29 is 9.53 Å². The summed E-state index contributed by atoms with van der Waals surface area (Å²) in [7, 11) is 0. The van der Waals surface area contributed by atoms with Crippen molar-refractivity contribution in [3.05, 3.63) is 108 Å². The number of benzene rings is 3. The molecule has 0 radical (unpaired) electrons. The predicted molar refractivity (Wildman–Crippen MR) is 109 cm³/mol. The van der Waals surface area contributed by atoms with E-state index in [9.17, 15) is 4.79 Å². The van der Waals surface area contributed by atoms with Gasteiger partial charge in [-0.25, -0.2) is 5.43 Å². The van der Waals surface area contributed by atoms with Crippen LogP contribution in [-0.4, -0.2) is 18.2 Å². The lowest BCUT2D eigenvalue weighted by atomic mass is 10.1. The van der Waals surface area contributed by atoms with E-state index in [-0.39, 0.29) is 12.5 Å². The molecule has 0 atom stereocenters. The Morgan fingerprint density at radius 3 is 2.11 bits per heavy atom. The lowest BCUT2D eigenvalue weighted by Gasteiger charge is -2.06. The second-order valence-corrected chi connectivity index (χ2v) is 5.74. The summed E-state index contributed by atoms with van der Waals surface area (Å²) < 4.78 is 5.44. The molecule has 3 aromatic rings. The molecule has 0 heterocycles. The van der Waals surface area contributed by atoms with Crippen LogP contribution in [0, 0.1) is 0 Å². The Morgan fingerprint density at radius 1 is 0.852 bits per heavy atom. The van der Waals surface area contributed by atoms with E-state index in [1.54, 1.807) is 12.1 Å². The fourth-order valence-corrected chi connectivity index (χ4v) is 2.37. The van der Waals surface area contributed by atoms with E-state index in [2.05, 4.69) is 10.5 Å². The number of allylic oxidation sites excluding steroid dienone is 1. The van der Waals surface area contributed by atoms with Crippen LogP contribution < -0.4 is 10.2 Å². The molecule has 0 unspecified atom stereocenters. The van der Waals surface area contributed by atoms with Gasteiger partial charge in [0.25, 0.3) is 5.91 Å². The van der Waals surface area contributed by atoms with Crippen LogP contribution in [0.4, 0.5) is 0 Å². The normalized spacial score (nSPS) is 11.3. The van der Waals surface area contributed by atoms with Gasteiger partial charge in [-0.1, -0.05) is 84.9 Å². The van der Waals surface area contributed by atoms with Crippen LogP contribution in [0.3, 0.4) is 0 Å². The van der Waals surface area contributed by atoms with Gasteiger partial charge in [0.2, 0.25) is 0 Å². The Bertz CT molecular complexity index is 905. The van der Waals surface area contributed by atoms with Gasteiger partial charge < -0.3 is 4.74 Å². The van der Waals surface area contributed by atoms with E-state index in [0.29, 0.717) is 11.5 Å². The molecule has 0 saturated heterocycles. The summed E-state index contributed by atoms with van der Waals surface area (Å²) in [5.74, 6) is 0.323. The molecule has 0 fully saturated rings. The number of hydrazone groups is 1. The van der Waals surface area contributed by atoms with Crippen molar-refractivity contribution in [1.29, 1.82) is 0 Å². The molecule has 134 valence electrons. The summed E-state index contributed by atoms with van der Waals surface area (Å²) >= 11 is 0. The van der Waals surface area contributed by atoms with E-state index in [0.717, 1.165) is 11.1 Å². The maximum Gasteiger partial charge on any atom is 0.277 e. The highest BCUT2D eigenvalue weighted by Crippen LogP contribution is 2.08. The molecule has 0 aliphatic rings. The van der Waals surface area contributed by atoms with Gasteiger partial charge in [-0.15, -0.1) is 0 Å². The number of para-hydroxylation sites is 1. The van der Waals surface area contributed by atoms with Crippen molar-refractivity contribution >= 4 is 17.7 Å². The molecule has 0 saturated carbocycles. The number of carbonyl (C=O) groups excluding carboxylic acids is 1. The van der Waals surface area contributed by atoms with Crippen LogP contribution in [-0.2, 0) is 4.79 Å². The average molecular weight is 356 g/mol. The molecule has 1 N–H and O–H groups in total. The molecule has 4 nitrogen and oxygen atoms in total. The van der Waals surface area contributed by atoms with Crippen molar-refractivity contribution in [2.75, 3.05) is 6.61 Å². The summed E-state index contributed by atoms with van der Waals surface area (Å²) in [5, 5.41) is 4.27. The zero-order valence-electron chi connectivity index (χ0n) is 14.8. The third-order valence-electron chi connectivity index (χ3n) is 3.72. The quantitative estimate of drug-likeness (QED) is 0.507. The number of nitrogens with zero attached hydrogens (tertiary/aromatic N) is 1. The van der Waals surface area contributed by atoms with E-state index in [4.69, 9.17) is 4.74 Å². The number of hydrogen-bond donors (Lipinski definition) is 1. The van der Waals surface area contributed by atoms with Crippen LogP contribution in [0.5, 0.6) is 5.75 Å². The maximum absolute atomic E-state index is 12.1. The second kappa shape index (κ2) is 9.73.